The van der Waals surface area contributed by atoms with Crippen LogP contribution in [0.1, 0.15) is 34.6 Å². The number of allylic oxidation sites excluding steroid dienone is 8. The molecule has 0 spiro atoms. The molecule has 0 aliphatic heterocycles. The summed E-state index contributed by atoms with van der Waals surface area (Å²) in [5.74, 6) is 4.93. The molecule has 19 heavy (non-hydrogen) atoms. The Hall–Kier alpha value is -1.38. The zero-order chi connectivity index (χ0) is 14.7. The van der Waals surface area contributed by atoms with Crippen LogP contribution in [0.4, 0.5) is 0 Å². The van der Waals surface area contributed by atoms with E-state index in [2.05, 4.69) is 44.5 Å². The Bertz CT molecular complexity index is 502. The molecule has 0 atom stereocenters. The Balaban J connectivity index is 4.96. The van der Waals surface area contributed by atoms with Crippen LogP contribution in [-0.4, -0.2) is 11.6 Å². The van der Waals surface area contributed by atoms with Crippen molar-refractivity contribution >= 4 is 19.4 Å². The Morgan fingerprint density at radius 2 is 1.68 bits per heavy atom. The van der Waals surface area contributed by atoms with Gasteiger partial charge in [0.1, 0.15) is 0 Å². The quantitative estimate of drug-likeness (QED) is 0.387. The maximum absolute atomic E-state index is 8.84. The molecule has 1 nitrogen and oxygen atoms in total. The number of nitrogens with zero attached hydrogens (tertiary/aromatic N) is 1. The minimum absolute atomic E-state index is 0.559. The molecule has 0 aliphatic rings. The SMILES string of the molecule is C/C=C(\C=[P+]=CC(/C=C\C(C#N)=C/C)=C/C)C(C)C. The summed E-state index contributed by atoms with van der Waals surface area (Å²) in [4.78, 5) is 0. The maximum atomic E-state index is 8.84. The summed E-state index contributed by atoms with van der Waals surface area (Å²) >= 11 is 0. The van der Waals surface area contributed by atoms with Crippen LogP contribution in [0.3, 0.4) is 0 Å². The molecule has 0 radical (unpaired) electrons. The summed E-state index contributed by atoms with van der Waals surface area (Å²) in [5.41, 5.74) is 3.18. The van der Waals surface area contributed by atoms with Gasteiger partial charge in [0.15, 0.2) is 0 Å². The Morgan fingerprint density at radius 1 is 1.00 bits per heavy atom. The predicted molar refractivity (Wildman–Crippen MR) is 89.9 cm³/mol. The second-order valence-electron chi connectivity index (χ2n) is 4.33. The Kier molecular flexibility index (Phi) is 9.77. The fourth-order valence-corrected chi connectivity index (χ4v) is 2.47. The summed E-state index contributed by atoms with van der Waals surface area (Å²) < 4.78 is 0. The molecule has 0 amide bonds. The van der Waals surface area contributed by atoms with E-state index in [-0.39, 0.29) is 0 Å². The molecule has 2 heteroatoms. The standard InChI is InChI=1S/C17H23NP/c1-6-15(11-18)9-10-16(7-2)12-19-13-17(8-3)14(4)5/h6-10,12-14H,1-5H3/q+1/b10-9-,15-6+,16-7+,17-8+. The van der Waals surface area contributed by atoms with E-state index in [1.165, 1.54) is 13.4 Å². The molecule has 0 heterocycles. The fraction of sp³-hybridized carbons (Fsp3) is 0.353. The number of hydrogen-bond donors (Lipinski definition) is 0. The first-order valence-corrected chi connectivity index (χ1v) is 7.55. The molecule has 0 aromatic rings. The predicted octanol–water partition coefficient (Wildman–Crippen LogP) is 5.11. The monoisotopic (exact) mass is 272 g/mol. The molecule has 0 saturated carbocycles. The third-order valence-electron chi connectivity index (χ3n) is 2.68. The van der Waals surface area contributed by atoms with Crippen LogP contribution < -0.4 is 0 Å². The molecule has 0 fully saturated rings. The normalized spacial score (nSPS) is 13.6. The van der Waals surface area contributed by atoms with Gasteiger partial charge in [-0.3, -0.25) is 0 Å². The van der Waals surface area contributed by atoms with Crippen molar-refractivity contribution in [1.29, 1.82) is 5.26 Å². The van der Waals surface area contributed by atoms with E-state index < -0.39 is 0 Å². The van der Waals surface area contributed by atoms with E-state index in [9.17, 15) is 0 Å². The van der Waals surface area contributed by atoms with Crippen LogP contribution in [0.2, 0.25) is 0 Å². The average Bonchev–Trinajstić information content (AvgIpc) is 2.41. The van der Waals surface area contributed by atoms with E-state index in [1.54, 1.807) is 0 Å². The molecule has 0 saturated heterocycles. The van der Waals surface area contributed by atoms with Gasteiger partial charge in [0.25, 0.3) is 0 Å². The van der Waals surface area contributed by atoms with Crippen molar-refractivity contribution in [3.8, 4) is 6.07 Å². The van der Waals surface area contributed by atoms with Gasteiger partial charge in [-0.05, 0) is 0 Å². The number of hydrogen-bond acceptors (Lipinski definition) is 1. The van der Waals surface area contributed by atoms with Crippen molar-refractivity contribution in [2.45, 2.75) is 34.6 Å². The van der Waals surface area contributed by atoms with Gasteiger partial charge >= 0.3 is 118 Å². The first kappa shape index (κ1) is 17.6. The van der Waals surface area contributed by atoms with E-state index in [0.717, 1.165) is 5.57 Å². The molecule has 0 bridgehead atoms. The van der Waals surface area contributed by atoms with Crippen molar-refractivity contribution in [2.24, 2.45) is 5.92 Å². The Morgan fingerprint density at radius 3 is 2.11 bits per heavy atom. The van der Waals surface area contributed by atoms with Crippen molar-refractivity contribution in [1.82, 2.24) is 0 Å². The summed E-state index contributed by atoms with van der Waals surface area (Å²) in [6.45, 7) is 10.3. The Labute approximate surface area is 119 Å². The molecular weight excluding hydrogens is 249 g/mol. The van der Waals surface area contributed by atoms with Crippen LogP contribution in [0.5, 0.6) is 0 Å². The van der Waals surface area contributed by atoms with Crippen molar-refractivity contribution in [2.75, 3.05) is 0 Å². The zero-order valence-electron chi connectivity index (χ0n) is 12.5. The summed E-state index contributed by atoms with van der Waals surface area (Å²) in [5, 5.41) is 8.84. The van der Waals surface area contributed by atoms with E-state index in [0.29, 0.717) is 11.5 Å². The van der Waals surface area contributed by atoms with Gasteiger partial charge in [0.05, 0.1) is 0 Å². The van der Waals surface area contributed by atoms with E-state index in [1.807, 2.05) is 38.2 Å². The van der Waals surface area contributed by atoms with Gasteiger partial charge in [-0.15, -0.1) is 0 Å². The molecular formula is C17H23NP+. The molecule has 0 unspecified atom stereocenters. The van der Waals surface area contributed by atoms with Crippen LogP contribution >= 0.6 is 7.83 Å². The van der Waals surface area contributed by atoms with Crippen molar-refractivity contribution < 1.29 is 0 Å². The minimum atomic E-state index is 0.559. The third kappa shape index (κ3) is 7.60. The van der Waals surface area contributed by atoms with Crippen LogP contribution in [0.15, 0.2) is 47.1 Å². The van der Waals surface area contributed by atoms with Gasteiger partial charge in [0, 0.05) is 0 Å². The van der Waals surface area contributed by atoms with Gasteiger partial charge in [-0.1, -0.05) is 0 Å². The summed E-state index contributed by atoms with van der Waals surface area (Å²) in [6, 6.07) is 2.14. The molecule has 0 aromatic heterocycles. The van der Waals surface area contributed by atoms with Crippen molar-refractivity contribution in [3.63, 3.8) is 0 Å². The first-order chi connectivity index (χ1) is 9.08. The third-order valence-corrected chi connectivity index (χ3v) is 3.57. The van der Waals surface area contributed by atoms with Crippen LogP contribution in [0.25, 0.3) is 0 Å². The van der Waals surface area contributed by atoms with Crippen LogP contribution in [-0.2, 0) is 0 Å². The molecule has 0 rings (SSSR count). The van der Waals surface area contributed by atoms with Crippen molar-refractivity contribution in [3.05, 3.63) is 47.1 Å². The molecule has 0 aliphatic carbocycles. The fourth-order valence-electron chi connectivity index (χ4n) is 1.36. The molecule has 100 valence electrons. The van der Waals surface area contributed by atoms with Gasteiger partial charge in [-0.2, -0.15) is 0 Å². The number of rotatable bonds is 5. The molecule has 0 aromatic carbocycles. The van der Waals surface area contributed by atoms with Gasteiger partial charge in [0.2, 0.25) is 0 Å². The molecule has 0 N–H and O–H groups in total. The van der Waals surface area contributed by atoms with Gasteiger partial charge < -0.3 is 0 Å². The van der Waals surface area contributed by atoms with E-state index >= 15 is 0 Å². The second kappa shape index (κ2) is 10.5. The topological polar surface area (TPSA) is 23.8 Å². The summed E-state index contributed by atoms with van der Waals surface area (Å²) in [6.07, 6.45) is 9.84. The number of nitriles is 1. The van der Waals surface area contributed by atoms with Gasteiger partial charge in [-0.25, -0.2) is 0 Å². The first-order valence-electron chi connectivity index (χ1n) is 6.52. The summed E-state index contributed by atoms with van der Waals surface area (Å²) in [7, 11) is 1.17. The zero-order valence-corrected chi connectivity index (χ0v) is 13.4. The van der Waals surface area contributed by atoms with Crippen LogP contribution in [0, 0.1) is 17.2 Å². The average molecular weight is 272 g/mol. The van der Waals surface area contributed by atoms with E-state index in [4.69, 9.17) is 5.26 Å². The second-order valence-corrected chi connectivity index (χ2v) is 5.14.